The molecule has 2 aromatic rings. The average molecular weight is 249 g/mol. The first-order valence-corrected chi connectivity index (χ1v) is 5.84. The van der Waals surface area contributed by atoms with E-state index in [1.807, 2.05) is 31.2 Å². The molecule has 2 rings (SSSR count). The van der Waals surface area contributed by atoms with E-state index >= 15 is 0 Å². The number of aromatic amines is 1. The van der Waals surface area contributed by atoms with Crippen molar-refractivity contribution >= 4 is 17.1 Å². The number of H-pyrrole nitrogens is 1. The highest BCUT2D eigenvalue weighted by Gasteiger charge is 2.17. The zero-order valence-electron chi connectivity index (χ0n) is 10.4. The summed E-state index contributed by atoms with van der Waals surface area (Å²) in [6.07, 6.45) is -0.733. The molecule has 0 atom stereocenters. The lowest BCUT2D eigenvalue weighted by molar-refractivity contribution is 0.103. The van der Waals surface area contributed by atoms with Gasteiger partial charge in [-0.3, -0.25) is 0 Å². The Hall–Kier alpha value is -2.17. The zero-order chi connectivity index (χ0) is 13.0. The lowest BCUT2D eigenvalue weighted by Crippen LogP contribution is -2.10. The minimum atomic E-state index is -0.733. The Kier molecular flexibility index (Phi) is 3.72. The Morgan fingerprint density at radius 1 is 1.22 bits per heavy atom. The van der Waals surface area contributed by atoms with Gasteiger partial charge in [-0.05, 0) is 26.0 Å². The van der Waals surface area contributed by atoms with Crippen LogP contribution in [0, 0.1) is 0 Å². The quantitative estimate of drug-likeness (QED) is 0.846. The van der Waals surface area contributed by atoms with Gasteiger partial charge >= 0.3 is 6.16 Å². The van der Waals surface area contributed by atoms with Gasteiger partial charge in [0.05, 0.1) is 18.7 Å². The molecule has 0 fully saturated rings. The maximum absolute atomic E-state index is 11.4. The fourth-order valence-electron chi connectivity index (χ4n) is 1.67. The molecule has 1 N–H and O–H groups in total. The molecule has 0 bridgehead atoms. The second kappa shape index (κ2) is 5.44. The minimum Gasteiger partial charge on any atom is -0.477 e. The molecule has 0 radical (unpaired) electrons. The second-order valence-corrected chi connectivity index (χ2v) is 3.55. The van der Waals surface area contributed by atoms with Gasteiger partial charge in [-0.15, -0.1) is 0 Å². The number of ether oxygens (including phenoxy) is 3. The van der Waals surface area contributed by atoms with Gasteiger partial charge in [0.2, 0.25) is 11.6 Å². The van der Waals surface area contributed by atoms with Crippen molar-refractivity contribution in [2.75, 3.05) is 13.2 Å². The van der Waals surface area contributed by atoms with Crippen LogP contribution >= 0.6 is 0 Å². The molecule has 0 aliphatic rings. The summed E-state index contributed by atoms with van der Waals surface area (Å²) in [6.45, 7) is 4.33. The number of carbonyl (C=O) groups is 1. The first-order chi connectivity index (χ1) is 8.76. The van der Waals surface area contributed by atoms with Crippen molar-refractivity contribution in [3.8, 4) is 11.6 Å². The summed E-state index contributed by atoms with van der Waals surface area (Å²) < 4.78 is 15.4. The van der Waals surface area contributed by atoms with Crippen LogP contribution in [0.3, 0.4) is 0 Å². The maximum Gasteiger partial charge on any atom is 0.514 e. The van der Waals surface area contributed by atoms with E-state index in [0.29, 0.717) is 18.2 Å². The van der Waals surface area contributed by atoms with Gasteiger partial charge in [0, 0.05) is 5.39 Å². The van der Waals surface area contributed by atoms with E-state index < -0.39 is 6.16 Å². The number of hydrogen-bond donors (Lipinski definition) is 1. The number of fused-ring (bicyclic) bond motifs is 1. The van der Waals surface area contributed by atoms with Gasteiger partial charge in [-0.1, -0.05) is 12.1 Å². The smallest absolute Gasteiger partial charge is 0.477 e. The van der Waals surface area contributed by atoms with Crippen LogP contribution in [-0.4, -0.2) is 24.4 Å². The maximum atomic E-state index is 11.4. The predicted octanol–water partition coefficient (Wildman–Crippen LogP) is 3.10. The van der Waals surface area contributed by atoms with Crippen LogP contribution in [0.5, 0.6) is 11.6 Å². The first-order valence-electron chi connectivity index (χ1n) is 5.84. The Morgan fingerprint density at radius 3 is 2.72 bits per heavy atom. The van der Waals surface area contributed by atoms with Crippen LogP contribution in [-0.2, 0) is 4.74 Å². The molecule has 5 nitrogen and oxygen atoms in total. The van der Waals surface area contributed by atoms with Crippen LogP contribution < -0.4 is 9.47 Å². The highest BCUT2D eigenvalue weighted by molar-refractivity contribution is 5.90. The van der Waals surface area contributed by atoms with Gasteiger partial charge < -0.3 is 19.2 Å². The van der Waals surface area contributed by atoms with E-state index in [-0.39, 0.29) is 6.61 Å². The van der Waals surface area contributed by atoms with E-state index in [1.165, 1.54) is 0 Å². The number of carbonyl (C=O) groups excluding carboxylic acids is 1. The summed E-state index contributed by atoms with van der Waals surface area (Å²) >= 11 is 0. The topological polar surface area (TPSA) is 60.6 Å². The largest absolute Gasteiger partial charge is 0.514 e. The summed E-state index contributed by atoms with van der Waals surface area (Å²) in [6, 6.07) is 7.49. The summed E-state index contributed by atoms with van der Waals surface area (Å²) in [4.78, 5) is 14.5. The molecule has 0 aliphatic heterocycles. The standard InChI is InChI=1S/C13H15NO4/c1-3-16-12-11(18-13(15)17-4-2)9-7-5-6-8-10(9)14-12/h5-8,14H,3-4H2,1-2H3. The van der Waals surface area contributed by atoms with Crippen LogP contribution in [0.25, 0.3) is 10.9 Å². The first kappa shape index (κ1) is 12.3. The third-order valence-corrected chi connectivity index (χ3v) is 2.36. The van der Waals surface area contributed by atoms with Gasteiger partial charge in [0.25, 0.3) is 0 Å². The Labute approximate surface area is 105 Å². The molecule has 0 saturated carbocycles. The van der Waals surface area contributed by atoms with Gasteiger partial charge in [0.1, 0.15) is 0 Å². The van der Waals surface area contributed by atoms with Crippen LogP contribution in [0.2, 0.25) is 0 Å². The van der Waals surface area contributed by atoms with Crippen molar-refractivity contribution in [2.45, 2.75) is 13.8 Å². The van der Waals surface area contributed by atoms with Crippen LogP contribution in [0.1, 0.15) is 13.8 Å². The minimum absolute atomic E-state index is 0.269. The number of nitrogens with one attached hydrogen (secondary N) is 1. The molecule has 1 heterocycles. The third kappa shape index (κ3) is 2.40. The average Bonchev–Trinajstić information content (AvgIpc) is 2.69. The molecular weight excluding hydrogens is 234 g/mol. The number of para-hydroxylation sites is 1. The van der Waals surface area contributed by atoms with E-state index in [9.17, 15) is 4.79 Å². The molecular formula is C13H15NO4. The van der Waals surface area contributed by atoms with Crippen molar-refractivity contribution in [1.29, 1.82) is 0 Å². The van der Waals surface area contributed by atoms with Crippen molar-refractivity contribution in [2.24, 2.45) is 0 Å². The SMILES string of the molecule is CCOC(=O)Oc1c(OCC)[nH]c2ccccc12. The van der Waals surface area contributed by atoms with Gasteiger partial charge in [-0.25, -0.2) is 4.79 Å². The molecule has 96 valence electrons. The van der Waals surface area contributed by atoms with Crippen LogP contribution in [0.15, 0.2) is 24.3 Å². The highest BCUT2D eigenvalue weighted by Crippen LogP contribution is 2.36. The fourth-order valence-corrected chi connectivity index (χ4v) is 1.67. The van der Waals surface area contributed by atoms with Crippen molar-refractivity contribution in [3.05, 3.63) is 24.3 Å². The molecule has 1 aromatic heterocycles. The Bertz CT molecular complexity index is 547. The molecule has 0 saturated heterocycles. The fraction of sp³-hybridized carbons (Fsp3) is 0.308. The predicted molar refractivity (Wildman–Crippen MR) is 67.1 cm³/mol. The monoisotopic (exact) mass is 249 g/mol. The van der Waals surface area contributed by atoms with Crippen LogP contribution in [0.4, 0.5) is 4.79 Å². The Balaban J connectivity index is 2.38. The van der Waals surface area contributed by atoms with Crippen molar-refractivity contribution in [3.63, 3.8) is 0 Å². The summed E-state index contributed by atoms with van der Waals surface area (Å²) in [5, 5.41) is 0.786. The number of aromatic nitrogens is 1. The summed E-state index contributed by atoms with van der Waals surface area (Å²) in [5.74, 6) is 0.803. The summed E-state index contributed by atoms with van der Waals surface area (Å²) in [7, 11) is 0. The lowest BCUT2D eigenvalue weighted by Gasteiger charge is -2.05. The van der Waals surface area contributed by atoms with Crippen molar-refractivity contribution < 1.29 is 19.0 Å². The van der Waals surface area contributed by atoms with E-state index in [1.54, 1.807) is 6.92 Å². The molecule has 0 amide bonds. The van der Waals surface area contributed by atoms with E-state index in [4.69, 9.17) is 14.2 Å². The van der Waals surface area contributed by atoms with Gasteiger partial charge in [-0.2, -0.15) is 0 Å². The zero-order valence-corrected chi connectivity index (χ0v) is 10.4. The number of rotatable bonds is 4. The molecule has 1 aromatic carbocycles. The van der Waals surface area contributed by atoms with Crippen molar-refractivity contribution in [1.82, 2.24) is 4.98 Å². The molecule has 0 aliphatic carbocycles. The highest BCUT2D eigenvalue weighted by atomic mass is 16.7. The number of hydrogen-bond acceptors (Lipinski definition) is 4. The molecule has 5 heteroatoms. The second-order valence-electron chi connectivity index (χ2n) is 3.55. The van der Waals surface area contributed by atoms with E-state index in [0.717, 1.165) is 10.9 Å². The lowest BCUT2D eigenvalue weighted by atomic mass is 10.2. The van der Waals surface area contributed by atoms with E-state index in [2.05, 4.69) is 4.98 Å². The summed E-state index contributed by atoms with van der Waals surface area (Å²) in [5.41, 5.74) is 0.847. The molecule has 0 spiro atoms. The Morgan fingerprint density at radius 2 is 2.00 bits per heavy atom. The normalized spacial score (nSPS) is 10.3. The third-order valence-electron chi connectivity index (χ3n) is 2.36. The van der Waals surface area contributed by atoms with Gasteiger partial charge in [0.15, 0.2) is 0 Å². The molecule has 0 unspecified atom stereocenters. The molecule has 18 heavy (non-hydrogen) atoms. The number of benzene rings is 1.